The average Bonchev–Trinajstić information content (AvgIpc) is 2.58. The molecule has 3 rings (SSSR count). The molecule has 18 heavy (non-hydrogen) atoms. The molecule has 0 atom stereocenters. The molecule has 0 amide bonds. The molecule has 2 aromatic rings. The summed E-state index contributed by atoms with van der Waals surface area (Å²) in [6, 6.07) is 8.08. The van der Waals surface area contributed by atoms with Crippen molar-refractivity contribution < 1.29 is 9.47 Å². The lowest BCUT2D eigenvalue weighted by Crippen LogP contribution is -1.97. The van der Waals surface area contributed by atoms with Crippen molar-refractivity contribution in [2.45, 2.75) is 13.3 Å². The number of thiophene rings is 1. The van der Waals surface area contributed by atoms with Gasteiger partial charge >= 0.3 is 0 Å². The van der Waals surface area contributed by atoms with Crippen LogP contribution >= 0.6 is 11.3 Å². The smallest absolute Gasteiger partial charge is 0.161 e. The van der Waals surface area contributed by atoms with Gasteiger partial charge in [-0.1, -0.05) is 6.07 Å². The van der Waals surface area contributed by atoms with E-state index in [-0.39, 0.29) is 0 Å². The molecule has 0 fully saturated rings. The van der Waals surface area contributed by atoms with Gasteiger partial charge in [-0.3, -0.25) is 0 Å². The van der Waals surface area contributed by atoms with Crippen molar-refractivity contribution in [1.82, 2.24) is 0 Å². The van der Waals surface area contributed by atoms with Crippen molar-refractivity contribution in [3.05, 3.63) is 29.1 Å². The van der Waals surface area contributed by atoms with Crippen LogP contribution in [0.25, 0.3) is 11.1 Å². The van der Waals surface area contributed by atoms with E-state index in [2.05, 4.69) is 13.0 Å². The fraction of sp³-hybridized carbons (Fsp3) is 0.286. The van der Waals surface area contributed by atoms with Crippen molar-refractivity contribution in [3.8, 4) is 22.6 Å². The monoisotopic (exact) mass is 261 g/mol. The summed E-state index contributed by atoms with van der Waals surface area (Å²) < 4.78 is 11.3. The molecule has 0 saturated heterocycles. The predicted octanol–water partition coefficient (Wildman–Crippen LogP) is 3.47. The molecule has 0 saturated carbocycles. The van der Waals surface area contributed by atoms with Crippen LogP contribution in [0.2, 0.25) is 0 Å². The van der Waals surface area contributed by atoms with E-state index < -0.39 is 0 Å². The molecule has 1 aromatic heterocycles. The van der Waals surface area contributed by atoms with Crippen LogP contribution in [0.15, 0.2) is 24.3 Å². The zero-order valence-electron chi connectivity index (χ0n) is 10.2. The van der Waals surface area contributed by atoms with Gasteiger partial charge in [0.1, 0.15) is 0 Å². The van der Waals surface area contributed by atoms with Gasteiger partial charge in [0.05, 0.1) is 18.2 Å². The molecular formula is C14H15NO2S. The van der Waals surface area contributed by atoms with E-state index in [1.54, 1.807) is 11.3 Å². The number of hydrogen-bond donors (Lipinski definition) is 1. The maximum Gasteiger partial charge on any atom is 0.161 e. The number of fused-ring (bicyclic) bond motifs is 1. The summed E-state index contributed by atoms with van der Waals surface area (Å²) in [4.78, 5) is 1.22. The normalized spacial score (nSPS) is 14.3. The second-order valence-corrected chi connectivity index (χ2v) is 5.62. The first kappa shape index (κ1) is 11.4. The first-order valence-electron chi connectivity index (χ1n) is 6.00. The summed E-state index contributed by atoms with van der Waals surface area (Å²) >= 11 is 1.61. The summed E-state index contributed by atoms with van der Waals surface area (Å²) in [6.45, 7) is 3.51. The van der Waals surface area contributed by atoms with Gasteiger partial charge in [0.2, 0.25) is 0 Å². The first-order chi connectivity index (χ1) is 8.74. The van der Waals surface area contributed by atoms with E-state index in [9.17, 15) is 0 Å². The fourth-order valence-corrected chi connectivity index (χ4v) is 2.94. The van der Waals surface area contributed by atoms with Gasteiger partial charge in [0.25, 0.3) is 0 Å². The van der Waals surface area contributed by atoms with Crippen LogP contribution in [0.1, 0.15) is 11.3 Å². The van der Waals surface area contributed by atoms with Crippen LogP contribution in [0.5, 0.6) is 11.5 Å². The van der Waals surface area contributed by atoms with Crippen molar-refractivity contribution in [1.29, 1.82) is 0 Å². The van der Waals surface area contributed by atoms with Crippen molar-refractivity contribution in [2.75, 3.05) is 18.9 Å². The van der Waals surface area contributed by atoms with Crippen LogP contribution in [-0.2, 0) is 0 Å². The molecule has 2 N–H and O–H groups in total. The second-order valence-electron chi connectivity index (χ2n) is 4.33. The van der Waals surface area contributed by atoms with Crippen LogP contribution in [0.4, 0.5) is 5.00 Å². The van der Waals surface area contributed by atoms with Gasteiger partial charge < -0.3 is 15.2 Å². The third-order valence-corrected chi connectivity index (χ3v) is 3.88. The molecule has 0 spiro atoms. The number of aryl methyl sites for hydroxylation is 1. The van der Waals surface area contributed by atoms with Crippen LogP contribution in [0.3, 0.4) is 0 Å². The Kier molecular flexibility index (Phi) is 2.88. The highest BCUT2D eigenvalue weighted by Crippen LogP contribution is 2.38. The largest absolute Gasteiger partial charge is 0.490 e. The average molecular weight is 261 g/mol. The Morgan fingerprint density at radius 3 is 2.61 bits per heavy atom. The highest BCUT2D eigenvalue weighted by Gasteiger charge is 2.13. The van der Waals surface area contributed by atoms with Gasteiger partial charge in [-0.05, 0) is 36.2 Å². The van der Waals surface area contributed by atoms with Crippen molar-refractivity contribution in [3.63, 3.8) is 0 Å². The standard InChI is InChI=1S/C14H15NO2S/c1-9-11(8-14(15)18-9)10-3-4-12-13(7-10)17-6-2-5-16-12/h3-4,7-8H,2,5-6,15H2,1H3. The van der Waals surface area contributed by atoms with Gasteiger partial charge in [0, 0.05) is 11.3 Å². The first-order valence-corrected chi connectivity index (χ1v) is 6.81. The van der Waals surface area contributed by atoms with Crippen molar-refractivity contribution in [2.24, 2.45) is 0 Å². The SMILES string of the molecule is Cc1sc(N)cc1-c1ccc2c(c1)OCCCO2. The summed E-state index contributed by atoms with van der Waals surface area (Å²) in [5.74, 6) is 1.66. The summed E-state index contributed by atoms with van der Waals surface area (Å²) in [5, 5.41) is 0.842. The maximum atomic E-state index is 5.84. The lowest BCUT2D eigenvalue weighted by Gasteiger charge is -2.09. The minimum absolute atomic E-state index is 0.710. The number of ether oxygens (including phenoxy) is 2. The summed E-state index contributed by atoms with van der Waals surface area (Å²) in [5.41, 5.74) is 8.15. The molecule has 1 aliphatic heterocycles. The van der Waals surface area contributed by atoms with Crippen LogP contribution < -0.4 is 15.2 Å². The minimum Gasteiger partial charge on any atom is -0.490 e. The molecule has 0 bridgehead atoms. The topological polar surface area (TPSA) is 44.5 Å². The van der Waals surface area contributed by atoms with Crippen LogP contribution in [0, 0.1) is 6.92 Å². The van der Waals surface area contributed by atoms with Gasteiger partial charge in [-0.25, -0.2) is 0 Å². The van der Waals surface area contributed by atoms with Crippen LogP contribution in [-0.4, -0.2) is 13.2 Å². The zero-order valence-corrected chi connectivity index (χ0v) is 11.0. The fourth-order valence-electron chi connectivity index (χ4n) is 2.12. The summed E-state index contributed by atoms with van der Waals surface area (Å²) in [6.07, 6.45) is 0.925. The summed E-state index contributed by atoms with van der Waals surface area (Å²) in [7, 11) is 0. The van der Waals surface area contributed by atoms with Crippen molar-refractivity contribution >= 4 is 16.3 Å². The Labute approximate surface area is 110 Å². The van der Waals surface area contributed by atoms with E-state index in [1.165, 1.54) is 10.4 Å². The highest BCUT2D eigenvalue weighted by atomic mass is 32.1. The Hall–Kier alpha value is -1.68. The van der Waals surface area contributed by atoms with E-state index in [1.807, 2.05) is 18.2 Å². The molecule has 1 aliphatic rings. The lowest BCUT2D eigenvalue weighted by atomic mass is 10.1. The van der Waals surface area contributed by atoms with E-state index in [0.29, 0.717) is 6.61 Å². The Morgan fingerprint density at radius 2 is 1.89 bits per heavy atom. The Morgan fingerprint density at radius 1 is 1.11 bits per heavy atom. The molecular weight excluding hydrogens is 246 g/mol. The number of rotatable bonds is 1. The molecule has 2 heterocycles. The molecule has 4 heteroatoms. The second kappa shape index (κ2) is 4.53. The van der Waals surface area contributed by atoms with Gasteiger partial charge in [-0.2, -0.15) is 0 Å². The quantitative estimate of drug-likeness (QED) is 0.855. The third-order valence-electron chi connectivity index (χ3n) is 3.00. The third kappa shape index (κ3) is 2.04. The van der Waals surface area contributed by atoms with Gasteiger partial charge in [0.15, 0.2) is 11.5 Å². The van der Waals surface area contributed by atoms with E-state index in [4.69, 9.17) is 15.2 Å². The maximum absolute atomic E-state index is 5.84. The Balaban J connectivity index is 2.04. The molecule has 0 unspecified atom stereocenters. The molecule has 1 aromatic carbocycles. The number of benzene rings is 1. The minimum atomic E-state index is 0.710. The highest BCUT2D eigenvalue weighted by molar-refractivity contribution is 7.16. The molecule has 0 radical (unpaired) electrons. The number of nitrogens with two attached hydrogens (primary N) is 1. The number of hydrogen-bond acceptors (Lipinski definition) is 4. The Bertz CT molecular complexity index is 577. The zero-order chi connectivity index (χ0) is 12.5. The molecule has 94 valence electrons. The lowest BCUT2D eigenvalue weighted by molar-refractivity contribution is 0.297. The predicted molar refractivity (Wildman–Crippen MR) is 74.5 cm³/mol. The van der Waals surface area contributed by atoms with Gasteiger partial charge in [-0.15, -0.1) is 11.3 Å². The number of nitrogen functional groups attached to an aromatic ring is 1. The molecule has 3 nitrogen and oxygen atoms in total. The van der Waals surface area contributed by atoms with E-state index >= 15 is 0 Å². The van der Waals surface area contributed by atoms with E-state index in [0.717, 1.165) is 35.1 Å². The number of anilines is 1. The molecule has 0 aliphatic carbocycles.